The minimum Gasteiger partial charge on any atom is -0.461 e. The molecule has 0 radical (unpaired) electrons. The molecule has 0 aromatic heterocycles. The van der Waals surface area contributed by atoms with E-state index >= 15 is 0 Å². The molecule has 0 saturated carbocycles. The highest BCUT2D eigenvalue weighted by Crippen LogP contribution is 2.48. The lowest BCUT2D eigenvalue weighted by molar-refractivity contribution is -0.147. The normalized spacial score (nSPS) is 38.2. The number of hydrogen-bond donors (Lipinski definition) is 0. The van der Waals surface area contributed by atoms with E-state index in [-0.39, 0.29) is 29.9 Å². The van der Waals surface area contributed by atoms with Crippen LogP contribution in [0.4, 0.5) is 0 Å². The van der Waals surface area contributed by atoms with Gasteiger partial charge in [0.25, 0.3) is 0 Å². The summed E-state index contributed by atoms with van der Waals surface area (Å²) in [6, 6.07) is 0. The molecule has 7 nitrogen and oxygen atoms in total. The average Bonchev–Trinajstić information content (AvgIpc) is 3.09. The number of esters is 3. The van der Waals surface area contributed by atoms with Gasteiger partial charge >= 0.3 is 17.9 Å². The molecule has 0 bridgehead atoms. The Morgan fingerprint density at radius 3 is 2.73 bits per heavy atom. The Hall–Kier alpha value is -2.15. The Morgan fingerprint density at radius 1 is 1.35 bits per heavy atom. The second-order valence-corrected chi connectivity index (χ2v) is 7.34. The fourth-order valence-corrected chi connectivity index (χ4v) is 3.81. The van der Waals surface area contributed by atoms with E-state index in [1.165, 1.54) is 13.8 Å². The number of carbonyl (C=O) groups is 3. The van der Waals surface area contributed by atoms with Gasteiger partial charge in [0.2, 0.25) is 0 Å². The lowest BCUT2D eigenvalue weighted by Crippen LogP contribution is -2.35. The smallest absolute Gasteiger partial charge is 0.334 e. The van der Waals surface area contributed by atoms with E-state index in [9.17, 15) is 14.4 Å². The highest BCUT2D eigenvalue weighted by molar-refractivity contribution is 5.91. The maximum absolute atomic E-state index is 12.1. The number of fused-ring (bicyclic) bond motifs is 2. The number of ether oxygens (including phenoxy) is 4. The van der Waals surface area contributed by atoms with Crippen molar-refractivity contribution in [1.29, 1.82) is 0 Å². The molecule has 1 aliphatic carbocycles. The van der Waals surface area contributed by atoms with Crippen molar-refractivity contribution >= 4 is 17.9 Å². The maximum atomic E-state index is 12.1. The van der Waals surface area contributed by atoms with E-state index in [1.807, 2.05) is 6.92 Å². The van der Waals surface area contributed by atoms with E-state index in [0.29, 0.717) is 12.8 Å². The molecule has 5 atom stereocenters. The molecule has 0 aromatic carbocycles. The van der Waals surface area contributed by atoms with Gasteiger partial charge in [-0.15, -0.1) is 0 Å². The van der Waals surface area contributed by atoms with Gasteiger partial charge in [-0.2, -0.15) is 0 Å². The molecule has 0 unspecified atom stereocenters. The minimum absolute atomic E-state index is 0.0571. The molecule has 2 heterocycles. The second kappa shape index (κ2) is 6.87. The van der Waals surface area contributed by atoms with Gasteiger partial charge < -0.3 is 18.9 Å². The number of rotatable bonds is 3. The van der Waals surface area contributed by atoms with E-state index in [2.05, 4.69) is 6.58 Å². The van der Waals surface area contributed by atoms with Crippen molar-refractivity contribution < 1.29 is 33.3 Å². The zero-order valence-electron chi connectivity index (χ0n) is 15.3. The third-order valence-electron chi connectivity index (χ3n) is 5.21. The fraction of sp³-hybridized carbons (Fsp3) is 0.632. The topological polar surface area (TPSA) is 91.4 Å². The second-order valence-electron chi connectivity index (χ2n) is 7.34. The van der Waals surface area contributed by atoms with Gasteiger partial charge in [-0.25, -0.2) is 4.79 Å². The van der Waals surface area contributed by atoms with Gasteiger partial charge in [0, 0.05) is 25.8 Å². The van der Waals surface area contributed by atoms with Crippen molar-refractivity contribution in [2.75, 3.05) is 6.61 Å². The van der Waals surface area contributed by atoms with Gasteiger partial charge in [-0.1, -0.05) is 6.58 Å². The van der Waals surface area contributed by atoms with Crippen molar-refractivity contribution in [3.8, 4) is 0 Å². The summed E-state index contributed by atoms with van der Waals surface area (Å²) in [4.78, 5) is 34.9. The number of epoxide rings is 1. The first kappa shape index (κ1) is 18.6. The van der Waals surface area contributed by atoms with Gasteiger partial charge in [0.1, 0.15) is 18.8 Å². The van der Waals surface area contributed by atoms with Gasteiger partial charge in [-0.05, 0) is 31.4 Å². The summed E-state index contributed by atoms with van der Waals surface area (Å²) in [5.41, 5.74) is 0.723. The molecule has 0 spiro atoms. The lowest BCUT2D eigenvalue weighted by Gasteiger charge is -2.27. The fourth-order valence-electron chi connectivity index (χ4n) is 3.81. The maximum Gasteiger partial charge on any atom is 0.334 e. The third kappa shape index (κ3) is 3.82. The van der Waals surface area contributed by atoms with Crippen molar-refractivity contribution in [2.45, 2.75) is 63.9 Å². The van der Waals surface area contributed by atoms with Crippen LogP contribution in [-0.2, 0) is 33.3 Å². The van der Waals surface area contributed by atoms with Crippen molar-refractivity contribution in [3.05, 3.63) is 23.8 Å². The van der Waals surface area contributed by atoms with Crippen LogP contribution in [0.15, 0.2) is 23.8 Å². The van der Waals surface area contributed by atoms with Crippen LogP contribution in [-0.4, -0.2) is 48.4 Å². The average molecular weight is 364 g/mol. The quantitative estimate of drug-likeness (QED) is 0.248. The van der Waals surface area contributed by atoms with Gasteiger partial charge in [0.15, 0.2) is 0 Å². The first-order chi connectivity index (χ1) is 12.2. The van der Waals surface area contributed by atoms with Crippen LogP contribution in [0.3, 0.4) is 0 Å². The van der Waals surface area contributed by atoms with E-state index in [0.717, 1.165) is 12.0 Å². The molecule has 26 heavy (non-hydrogen) atoms. The molecule has 7 heteroatoms. The van der Waals surface area contributed by atoms with Gasteiger partial charge in [0.05, 0.1) is 17.6 Å². The van der Waals surface area contributed by atoms with E-state index in [1.54, 1.807) is 6.08 Å². The highest BCUT2D eigenvalue weighted by atomic mass is 16.6. The van der Waals surface area contributed by atoms with Crippen LogP contribution in [0.25, 0.3) is 0 Å². The summed E-state index contributed by atoms with van der Waals surface area (Å²) >= 11 is 0. The molecule has 2 saturated heterocycles. The third-order valence-corrected chi connectivity index (χ3v) is 5.21. The van der Waals surface area contributed by atoms with Crippen molar-refractivity contribution in [2.24, 2.45) is 5.92 Å². The van der Waals surface area contributed by atoms with Crippen LogP contribution in [0.1, 0.15) is 40.0 Å². The first-order valence-electron chi connectivity index (χ1n) is 8.77. The minimum atomic E-state index is -0.707. The number of hydrogen-bond acceptors (Lipinski definition) is 7. The molecule has 2 fully saturated rings. The van der Waals surface area contributed by atoms with Gasteiger partial charge in [-0.3, -0.25) is 9.59 Å². The molecular formula is C19H24O7. The molecular weight excluding hydrogens is 340 g/mol. The standard InChI is InChI=1S/C19H24O7/c1-10-17-14(24-12(3)21)7-13(9-23-11(2)20)5-6-16-19(4,26-16)8-15(17)25-18(10)22/h7,14-17H,1,5-6,8-9H2,2-4H3/b13-7-/t14-,15+,16-,17+,19-/m1/s1. The molecule has 3 rings (SSSR count). The summed E-state index contributed by atoms with van der Waals surface area (Å²) in [5, 5.41) is 0. The monoisotopic (exact) mass is 364 g/mol. The lowest BCUT2D eigenvalue weighted by atomic mass is 9.82. The molecule has 2 aliphatic heterocycles. The predicted molar refractivity (Wildman–Crippen MR) is 89.9 cm³/mol. The molecule has 0 amide bonds. The molecule has 142 valence electrons. The van der Waals surface area contributed by atoms with Crippen LogP contribution < -0.4 is 0 Å². The van der Waals surface area contributed by atoms with Crippen LogP contribution >= 0.6 is 0 Å². The van der Waals surface area contributed by atoms with Crippen LogP contribution in [0.2, 0.25) is 0 Å². The highest BCUT2D eigenvalue weighted by Gasteiger charge is 2.57. The molecule has 0 N–H and O–H groups in total. The Morgan fingerprint density at radius 2 is 2.08 bits per heavy atom. The first-order valence-corrected chi connectivity index (χ1v) is 8.77. The molecule has 3 aliphatic rings. The zero-order valence-corrected chi connectivity index (χ0v) is 15.3. The van der Waals surface area contributed by atoms with Crippen LogP contribution in [0, 0.1) is 5.92 Å². The molecule has 0 aromatic rings. The summed E-state index contributed by atoms with van der Waals surface area (Å²) < 4.78 is 21.9. The Kier molecular flexibility index (Phi) is 4.92. The summed E-state index contributed by atoms with van der Waals surface area (Å²) in [6.07, 6.45) is 2.56. The van der Waals surface area contributed by atoms with Crippen molar-refractivity contribution in [3.63, 3.8) is 0 Å². The van der Waals surface area contributed by atoms with E-state index in [4.69, 9.17) is 18.9 Å². The summed E-state index contributed by atoms with van der Waals surface area (Å²) in [6.45, 7) is 8.59. The number of carbonyl (C=O) groups excluding carboxylic acids is 3. The SMILES string of the molecule is C=C1C(=O)O[C@H]2C[C@@]3(C)O[C@@H]3CC/C(COC(C)=O)=C/[C@@H](OC(C)=O)[C@H]12. The predicted octanol–water partition coefficient (Wildman–Crippen LogP) is 1.85. The Balaban J connectivity index is 1.94. The summed E-state index contributed by atoms with van der Waals surface area (Å²) in [5.74, 6) is -1.82. The zero-order chi connectivity index (χ0) is 19.1. The van der Waals surface area contributed by atoms with Crippen LogP contribution in [0.5, 0.6) is 0 Å². The van der Waals surface area contributed by atoms with E-state index < -0.39 is 30.1 Å². The Labute approximate surface area is 152 Å². The van der Waals surface area contributed by atoms with Crippen molar-refractivity contribution in [1.82, 2.24) is 0 Å². The summed E-state index contributed by atoms with van der Waals surface area (Å²) in [7, 11) is 0. The largest absolute Gasteiger partial charge is 0.461 e. The Bertz CT molecular complexity index is 679.